The van der Waals surface area contributed by atoms with Gasteiger partial charge in [-0.3, -0.25) is 0 Å². The molecule has 0 aliphatic rings. The maximum atomic E-state index is 9.97. The molecule has 0 bridgehead atoms. The van der Waals surface area contributed by atoms with Crippen LogP contribution in [0.15, 0.2) is 43.0 Å². The minimum Gasteiger partial charge on any atom is -0.388 e. The molecule has 0 aliphatic heterocycles. The second-order valence-electron chi connectivity index (χ2n) is 4.22. The second-order valence-corrected chi connectivity index (χ2v) is 4.22. The van der Waals surface area contributed by atoms with Gasteiger partial charge in [-0.1, -0.05) is 29.8 Å². The Hall–Kier alpha value is -1.74. The molecule has 3 nitrogen and oxygen atoms in total. The summed E-state index contributed by atoms with van der Waals surface area (Å²) in [5.74, 6) is 0. The van der Waals surface area contributed by atoms with Gasteiger partial charge in [0.05, 0.1) is 6.10 Å². The normalized spacial score (nSPS) is 12.4. The number of benzene rings is 1. The molecule has 1 unspecified atom stereocenters. The first-order valence-electron chi connectivity index (χ1n) is 5.74. The van der Waals surface area contributed by atoms with Crippen LogP contribution in [0.1, 0.15) is 29.2 Å². The molecule has 0 spiro atoms. The summed E-state index contributed by atoms with van der Waals surface area (Å²) in [5, 5.41) is 9.97. The van der Waals surface area contributed by atoms with Gasteiger partial charge in [0, 0.05) is 18.0 Å². The molecule has 17 heavy (non-hydrogen) atoms. The van der Waals surface area contributed by atoms with Gasteiger partial charge in [-0.15, -0.1) is 0 Å². The van der Waals surface area contributed by atoms with E-state index in [0.29, 0.717) is 6.42 Å². The monoisotopic (exact) mass is 228 g/mol. The van der Waals surface area contributed by atoms with Crippen molar-refractivity contribution in [3.63, 3.8) is 0 Å². The Balaban J connectivity index is 1.95. The van der Waals surface area contributed by atoms with Gasteiger partial charge in [0.2, 0.25) is 0 Å². The Labute approximate surface area is 101 Å². The molecule has 1 aromatic carbocycles. The molecule has 0 radical (unpaired) electrons. The summed E-state index contributed by atoms with van der Waals surface area (Å²) in [5.41, 5.74) is 3.28. The molecule has 0 aliphatic carbocycles. The molecule has 0 fully saturated rings. The number of aromatic nitrogens is 2. The zero-order chi connectivity index (χ0) is 12.1. The van der Waals surface area contributed by atoms with E-state index in [1.807, 2.05) is 6.07 Å². The van der Waals surface area contributed by atoms with Crippen LogP contribution >= 0.6 is 0 Å². The van der Waals surface area contributed by atoms with Crippen molar-refractivity contribution in [1.82, 2.24) is 9.97 Å². The van der Waals surface area contributed by atoms with Crippen LogP contribution in [0.25, 0.3) is 0 Å². The average Bonchev–Trinajstić information content (AvgIpc) is 2.37. The summed E-state index contributed by atoms with van der Waals surface area (Å²) in [7, 11) is 0. The summed E-state index contributed by atoms with van der Waals surface area (Å²) >= 11 is 0. The lowest BCUT2D eigenvalue weighted by Crippen LogP contribution is -2.00. The minimum absolute atomic E-state index is 0.489. The number of hydrogen-bond donors (Lipinski definition) is 1. The highest BCUT2D eigenvalue weighted by Crippen LogP contribution is 2.17. The highest BCUT2D eigenvalue weighted by Gasteiger charge is 2.07. The molecule has 3 heteroatoms. The van der Waals surface area contributed by atoms with E-state index < -0.39 is 6.10 Å². The highest BCUT2D eigenvalue weighted by atomic mass is 16.3. The van der Waals surface area contributed by atoms with Crippen molar-refractivity contribution in [2.45, 2.75) is 25.9 Å². The van der Waals surface area contributed by atoms with Crippen LogP contribution in [-0.4, -0.2) is 15.1 Å². The number of aliphatic hydroxyl groups excluding tert-OH is 1. The summed E-state index contributed by atoms with van der Waals surface area (Å²) < 4.78 is 0. The van der Waals surface area contributed by atoms with E-state index in [1.165, 1.54) is 17.5 Å². The molecular weight excluding hydrogens is 212 g/mol. The molecular formula is C14H16N2O. The fraction of sp³-hybridized carbons (Fsp3) is 0.286. The third kappa shape index (κ3) is 3.36. The maximum Gasteiger partial charge on any atom is 0.115 e. The second kappa shape index (κ2) is 5.55. The van der Waals surface area contributed by atoms with E-state index >= 15 is 0 Å². The standard InChI is InChI=1S/C14H16N2O/c1-11-3-2-4-12(7-11)5-6-14(17)13-8-15-10-16-9-13/h2-4,7-10,14,17H,5-6H2,1H3. The lowest BCUT2D eigenvalue weighted by Gasteiger charge is -2.10. The van der Waals surface area contributed by atoms with Gasteiger partial charge in [-0.05, 0) is 25.3 Å². The molecule has 0 amide bonds. The molecule has 88 valence electrons. The molecule has 0 saturated carbocycles. The van der Waals surface area contributed by atoms with Crippen molar-refractivity contribution < 1.29 is 5.11 Å². The first-order chi connectivity index (χ1) is 8.25. The minimum atomic E-state index is -0.489. The smallest absolute Gasteiger partial charge is 0.115 e. The summed E-state index contributed by atoms with van der Waals surface area (Å²) in [6.07, 6.45) is 5.85. The van der Waals surface area contributed by atoms with Crippen LogP contribution in [0.4, 0.5) is 0 Å². The Morgan fingerprint density at radius 2 is 2.00 bits per heavy atom. The van der Waals surface area contributed by atoms with E-state index in [4.69, 9.17) is 0 Å². The Kier molecular flexibility index (Phi) is 3.83. The average molecular weight is 228 g/mol. The lowest BCUT2D eigenvalue weighted by atomic mass is 10.0. The lowest BCUT2D eigenvalue weighted by molar-refractivity contribution is 0.167. The van der Waals surface area contributed by atoms with Crippen LogP contribution in [0.2, 0.25) is 0 Å². The predicted molar refractivity (Wildman–Crippen MR) is 66.5 cm³/mol. The van der Waals surface area contributed by atoms with Crippen molar-refractivity contribution in [2.24, 2.45) is 0 Å². The predicted octanol–water partition coefficient (Wildman–Crippen LogP) is 2.45. The van der Waals surface area contributed by atoms with Crippen molar-refractivity contribution >= 4 is 0 Å². The van der Waals surface area contributed by atoms with Gasteiger partial charge in [-0.2, -0.15) is 0 Å². The Bertz CT molecular complexity index is 471. The van der Waals surface area contributed by atoms with E-state index in [1.54, 1.807) is 12.4 Å². The third-order valence-corrected chi connectivity index (χ3v) is 2.75. The number of aliphatic hydroxyl groups is 1. The molecule has 2 aromatic rings. The fourth-order valence-electron chi connectivity index (χ4n) is 1.82. The molecule has 1 heterocycles. The topological polar surface area (TPSA) is 46.0 Å². The van der Waals surface area contributed by atoms with Gasteiger partial charge in [0.25, 0.3) is 0 Å². The fourth-order valence-corrected chi connectivity index (χ4v) is 1.82. The first-order valence-corrected chi connectivity index (χ1v) is 5.74. The van der Waals surface area contributed by atoms with Crippen molar-refractivity contribution in [3.8, 4) is 0 Å². The zero-order valence-corrected chi connectivity index (χ0v) is 9.87. The Morgan fingerprint density at radius 3 is 2.71 bits per heavy atom. The molecule has 2 rings (SSSR count). The quantitative estimate of drug-likeness (QED) is 0.874. The molecule has 0 saturated heterocycles. The first kappa shape index (κ1) is 11.7. The Morgan fingerprint density at radius 1 is 1.24 bits per heavy atom. The SMILES string of the molecule is Cc1cccc(CCC(O)c2cncnc2)c1. The van der Waals surface area contributed by atoms with Crippen LogP contribution in [0, 0.1) is 6.92 Å². The summed E-state index contributed by atoms with van der Waals surface area (Å²) in [6, 6.07) is 8.35. The number of rotatable bonds is 4. The van der Waals surface area contributed by atoms with Crippen LogP contribution in [0.3, 0.4) is 0 Å². The van der Waals surface area contributed by atoms with Gasteiger partial charge in [-0.25, -0.2) is 9.97 Å². The van der Waals surface area contributed by atoms with Crippen molar-refractivity contribution in [2.75, 3.05) is 0 Å². The largest absolute Gasteiger partial charge is 0.388 e. The van der Waals surface area contributed by atoms with E-state index in [2.05, 4.69) is 35.1 Å². The van der Waals surface area contributed by atoms with E-state index in [9.17, 15) is 5.11 Å². The van der Waals surface area contributed by atoms with Crippen molar-refractivity contribution in [1.29, 1.82) is 0 Å². The van der Waals surface area contributed by atoms with Crippen LogP contribution < -0.4 is 0 Å². The summed E-state index contributed by atoms with van der Waals surface area (Å²) in [4.78, 5) is 7.81. The molecule has 1 atom stereocenters. The summed E-state index contributed by atoms with van der Waals surface area (Å²) in [6.45, 7) is 2.07. The van der Waals surface area contributed by atoms with E-state index in [-0.39, 0.29) is 0 Å². The van der Waals surface area contributed by atoms with Crippen molar-refractivity contribution in [3.05, 3.63) is 59.7 Å². The number of aryl methyl sites for hydroxylation is 2. The zero-order valence-electron chi connectivity index (χ0n) is 9.87. The van der Waals surface area contributed by atoms with Gasteiger partial charge < -0.3 is 5.11 Å². The maximum absolute atomic E-state index is 9.97. The molecule has 1 N–H and O–H groups in total. The van der Waals surface area contributed by atoms with Gasteiger partial charge in [0.15, 0.2) is 0 Å². The van der Waals surface area contributed by atoms with Gasteiger partial charge in [0.1, 0.15) is 6.33 Å². The van der Waals surface area contributed by atoms with Crippen LogP contribution in [-0.2, 0) is 6.42 Å². The number of hydrogen-bond acceptors (Lipinski definition) is 3. The third-order valence-electron chi connectivity index (χ3n) is 2.75. The number of nitrogens with zero attached hydrogens (tertiary/aromatic N) is 2. The van der Waals surface area contributed by atoms with Crippen LogP contribution in [0.5, 0.6) is 0 Å². The highest BCUT2D eigenvalue weighted by molar-refractivity contribution is 5.22. The van der Waals surface area contributed by atoms with E-state index in [0.717, 1.165) is 12.0 Å². The molecule has 1 aromatic heterocycles. The van der Waals surface area contributed by atoms with Gasteiger partial charge >= 0.3 is 0 Å².